The van der Waals surface area contributed by atoms with Crippen molar-refractivity contribution >= 4 is 5.91 Å². The van der Waals surface area contributed by atoms with Crippen LogP contribution in [-0.2, 0) is 9.53 Å². The minimum atomic E-state index is 0.00463. The molecule has 0 aromatic rings. The van der Waals surface area contributed by atoms with Gasteiger partial charge in [0.05, 0.1) is 0 Å². The van der Waals surface area contributed by atoms with Crippen LogP contribution in [-0.4, -0.2) is 26.2 Å². The Morgan fingerprint density at radius 2 is 1.70 bits per heavy atom. The van der Waals surface area contributed by atoms with Gasteiger partial charge >= 0.3 is 0 Å². The van der Waals surface area contributed by atoms with Crippen LogP contribution >= 0.6 is 0 Å². The quantitative estimate of drug-likeness (QED) is 0.627. The molecule has 1 amide bonds. The lowest BCUT2D eigenvalue weighted by Gasteiger charge is -1.86. The molecular weight excluding hydrogens is 130 g/mol. The molecule has 3 heteroatoms. The molecule has 0 radical (unpaired) electrons. The highest BCUT2D eigenvalue weighted by atomic mass is 16.5. The molecular formula is C7H17NO2. The zero-order valence-electron chi connectivity index (χ0n) is 7.23. The zero-order chi connectivity index (χ0) is 8.41. The number of hydrogen-bond donors (Lipinski definition) is 1. The molecule has 0 aromatic heterocycles. The average Bonchev–Trinajstić information content (AvgIpc) is 1.91. The van der Waals surface area contributed by atoms with Crippen LogP contribution in [0.5, 0.6) is 0 Å². The van der Waals surface area contributed by atoms with Gasteiger partial charge in [0, 0.05) is 27.2 Å². The summed E-state index contributed by atoms with van der Waals surface area (Å²) in [6.07, 6.45) is 0. The van der Waals surface area contributed by atoms with E-state index in [0.717, 1.165) is 13.2 Å². The molecule has 0 unspecified atom stereocenters. The Morgan fingerprint density at radius 1 is 1.40 bits per heavy atom. The summed E-state index contributed by atoms with van der Waals surface area (Å²) in [6, 6.07) is 0. The molecule has 0 bridgehead atoms. The Hall–Kier alpha value is -0.570. The third kappa shape index (κ3) is 26.1. The third-order valence-electron chi connectivity index (χ3n) is 0.760. The van der Waals surface area contributed by atoms with Gasteiger partial charge in [-0.05, 0) is 13.8 Å². The molecule has 0 saturated carbocycles. The highest BCUT2D eigenvalue weighted by molar-refractivity contribution is 5.72. The normalized spacial score (nSPS) is 7.60. The van der Waals surface area contributed by atoms with Crippen molar-refractivity contribution in [1.29, 1.82) is 0 Å². The van der Waals surface area contributed by atoms with Gasteiger partial charge in [-0.1, -0.05) is 0 Å². The summed E-state index contributed by atoms with van der Waals surface area (Å²) in [5.74, 6) is 0.00463. The van der Waals surface area contributed by atoms with Crippen molar-refractivity contribution < 1.29 is 9.53 Å². The molecule has 0 aliphatic carbocycles. The summed E-state index contributed by atoms with van der Waals surface area (Å²) in [4.78, 5) is 9.70. The lowest BCUT2D eigenvalue weighted by Crippen LogP contribution is -2.11. The molecule has 0 spiro atoms. The van der Waals surface area contributed by atoms with Gasteiger partial charge in [0.15, 0.2) is 0 Å². The summed E-state index contributed by atoms with van der Waals surface area (Å²) >= 11 is 0. The van der Waals surface area contributed by atoms with E-state index in [1.807, 2.05) is 13.8 Å². The minimum Gasteiger partial charge on any atom is -0.382 e. The molecule has 0 aromatic carbocycles. The first kappa shape index (κ1) is 12.1. The van der Waals surface area contributed by atoms with Crippen LogP contribution in [0.2, 0.25) is 0 Å². The fourth-order valence-corrected chi connectivity index (χ4v) is 0.204. The van der Waals surface area contributed by atoms with Crippen LogP contribution in [0.3, 0.4) is 0 Å². The molecule has 0 heterocycles. The van der Waals surface area contributed by atoms with Gasteiger partial charge in [-0.25, -0.2) is 0 Å². The summed E-state index contributed by atoms with van der Waals surface area (Å²) in [7, 11) is 1.60. The van der Waals surface area contributed by atoms with Crippen molar-refractivity contribution in [3.05, 3.63) is 0 Å². The monoisotopic (exact) mass is 147 g/mol. The number of rotatable bonds is 2. The summed E-state index contributed by atoms with van der Waals surface area (Å²) < 4.78 is 4.83. The van der Waals surface area contributed by atoms with Gasteiger partial charge < -0.3 is 10.1 Å². The standard InChI is InChI=1S/C4H10O.C3H7NO/c1-3-5-4-2;1-3(5)4-2/h3-4H2,1-2H3;1-2H3,(H,4,5). The Kier molecular flexibility index (Phi) is 13.7. The van der Waals surface area contributed by atoms with Crippen LogP contribution in [0.15, 0.2) is 0 Å². The maximum atomic E-state index is 9.70. The van der Waals surface area contributed by atoms with E-state index >= 15 is 0 Å². The Bertz CT molecular complexity index is 72.0. The second-order valence-corrected chi connectivity index (χ2v) is 1.59. The van der Waals surface area contributed by atoms with Crippen molar-refractivity contribution in [2.75, 3.05) is 20.3 Å². The molecule has 0 saturated heterocycles. The Morgan fingerprint density at radius 3 is 1.70 bits per heavy atom. The van der Waals surface area contributed by atoms with Crippen molar-refractivity contribution in [3.8, 4) is 0 Å². The van der Waals surface area contributed by atoms with Gasteiger partial charge in [0.1, 0.15) is 0 Å². The lowest BCUT2D eigenvalue weighted by atomic mass is 10.7. The van der Waals surface area contributed by atoms with Crippen molar-refractivity contribution in [3.63, 3.8) is 0 Å². The maximum Gasteiger partial charge on any atom is 0.216 e. The SMILES string of the molecule is CCOCC.CNC(C)=O. The Labute approximate surface area is 62.8 Å². The maximum absolute atomic E-state index is 9.70. The summed E-state index contributed by atoms with van der Waals surface area (Å²) in [5, 5.41) is 2.39. The molecule has 62 valence electrons. The highest BCUT2D eigenvalue weighted by Gasteiger charge is 1.72. The fourth-order valence-electron chi connectivity index (χ4n) is 0.204. The van der Waals surface area contributed by atoms with Crippen molar-refractivity contribution in [2.45, 2.75) is 20.8 Å². The first-order chi connectivity index (χ1) is 4.68. The number of carbonyl (C=O) groups is 1. The van der Waals surface area contributed by atoms with Gasteiger partial charge in [0.2, 0.25) is 5.91 Å². The Balaban J connectivity index is 0. The molecule has 0 rings (SSSR count). The second kappa shape index (κ2) is 11.3. The topological polar surface area (TPSA) is 38.3 Å². The molecule has 0 fully saturated rings. The summed E-state index contributed by atoms with van der Waals surface area (Å²) in [5.41, 5.74) is 0. The molecule has 10 heavy (non-hydrogen) atoms. The van der Waals surface area contributed by atoms with E-state index in [0.29, 0.717) is 0 Å². The third-order valence-corrected chi connectivity index (χ3v) is 0.760. The van der Waals surface area contributed by atoms with E-state index in [1.54, 1.807) is 7.05 Å². The van der Waals surface area contributed by atoms with Crippen LogP contribution < -0.4 is 5.32 Å². The lowest BCUT2D eigenvalue weighted by molar-refractivity contribution is -0.118. The van der Waals surface area contributed by atoms with Crippen molar-refractivity contribution in [2.24, 2.45) is 0 Å². The van der Waals surface area contributed by atoms with E-state index in [2.05, 4.69) is 5.32 Å². The van der Waals surface area contributed by atoms with Gasteiger partial charge in [-0.2, -0.15) is 0 Å². The van der Waals surface area contributed by atoms with Crippen LogP contribution in [0.4, 0.5) is 0 Å². The second-order valence-electron chi connectivity index (χ2n) is 1.59. The number of hydrogen-bond acceptors (Lipinski definition) is 2. The van der Waals surface area contributed by atoms with E-state index < -0.39 is 0 Å². The van der Waals surface area contributed by atoms with E-state index in [-0.39, 0.29) is 5.91 Å². The zero-order valence-corrected chi connectivity index (χ0v) is 7.23. The first-order valence-corrected chi connectivity index (χ1v) is 3.45. The molecule has 0 aliphatic rings. The molecule has 0 atom stereocenters. The number of carbonyl (C=O) groups excluding carboxylic acids is 1. The number of ether oxygens (including phenoxy) is 1. The van der Waals surface area contributed by atoms with Crippen LogP contribution in [0, 0.1) is 0 Å². The van der Waals surface area contributed by atoms with Crippen LogP contribution in [0.1, 0.15) is 20.8 Å². The van der Waals surface area contributed by atoms with Crippen molar-refractivity contribution in [1.82, 2.24) is 5.32 Å². The molecule has 3 nitrogen and oxygen atoms in total. The number of nitrogens with one attached hydrogen (secondary N) is 1. The minimum absolute atomic E-state index is 0.00463. The number of amides is 1. The van der Waals surface area contributed by atoms with E-state index in [9.17, 15) is 4.79 Å². The predicted molar refractivity (Wildman–Crippen MR) is 41.9 cm³/mol. The first-order valence-electron chi connectivity index (χ1n) is 3.45. The summed E-state index contributed by atoms with van der Waals surface area (Å²) in [6.45, 7) is 7.14. The smallest absolute Gasteiger partial charge is 0.216 e. The van der Waals surface area contributed by atoms with Crippen LogP contribution in [0.25, 0.3) is 0 Å². The van der Waals surface area contributed by atoms with E-state index in [1.165, 1.54) is 6.92 Å². The van der Waals surface area contributed by atoms with E-state index in [4.69, 9.17) is 4.74 Å². The van der Waals surface area contributed by atoms with Gasteiger partial charge in [0.25, 0.3) is 0 Å². The molecule has 0 aliphatic heterocycles. The van der Waals surface area contributed by atoms with Gasteiger partial charge in [-0.15, -0.1) is 0 Å². The fraction of sp³-hybridized carbons (Fsp3) is 0.857. The largest absolute Gasteiger partial charge is 0.382 e. The van der Waals surface area contributed by atoms with Gasteiger partial charge in [-0.3, -0.25) is 4.79 Å². The highest BCUT2D eigenvalue weighted by Crippen LogP contribution is 1.64. The predicted octanol–water partition coefficient (Wildman–Crippen LogP) is 0.795. The average molecular weight is 147 g/mol. The molecule has 1 N–H and O–H groups in total.